The van der Waals surface area contributed by atoms with Gasteiger partial charge in [0, 0.05) is 0 Å². The minimum atomic E-state index is 0.843. The Morgan fingerprint density at radius 1 is 1.40 bits per heavy atom. The Bertz CT molecular complexity index is 235. The fourth-order valence-electron chi connectivity index (χ4n) is 0.762. The van der Waals surface area contributed by atoms with Gasteiger partial charge in [-0.25, -0.2) is 0 Å². The van der Waals surface area contributed by atoms with Crippen molar-refractivity contribution in [3.8, 4) is 0 Å². The van der Waals surface area contributed by atoms with Crippen LogP contribution in [0.3, 0.4) is 0 Å². The highest BCUT2D eigenvalue weighted by molar-refractivity contribution is 8.06. The van der Waals surface area contributed by atoms with Crippen molar-refractivity contribution >= 4 is 18.0 Å². The second-order valence-corrected chi connectivity index (χ2v) is 2.80. The fourth-order valence-corrected chi connectivity index (χ4v) is 1.43. The Hall–Kier alpha value is -0.960. The van der Waals surface area contributed by atoms with E-state index in [4.69, 9.17) is 4.84 Å². The van der Waals surface area contributed by atoms with E-state index in [0.717, 1.165) is 10.7 Å². The summed E-state index contributed by atoms with van der Waals surface area (Å²) >= 11 is 1.64. The molecule has 0 aliphatic carbocycles. The average molecular weight is 151 g/mol. The van der Waals surface area contributed by atoms with Gasteiger partial charge < -0.3 is 4.84 Å². The molecule has 3 heteroatoms. The Morgan fingerprint density at radius 2 is 2.40 bits per heavy atom. The quantitative estimate of drug-likeness (QED) is 0.528. The summed E-state index contributed by atoms with van der Waals surface area (Å²) in [5.41, 5.74) is 0. The smallest absolute Gasteiger partial charge is 0.171 e. The topological polar surface area (TPSA) is 21.6 Å². The second-order valence-electron chi connectivity index (χ2n) is 1.85. The van der Waals surface area contributed by atoms with Gasteiger partial charge in [-0.3, -0.25) is 0 Å². The van der Waals surface area contributed by atoms with Gasteiger partial charge >= 0.3 is 0 Å². The van der Waals surface area contributed by atoms with Crippen molar-refractivity contribution in [3.05, 3.63) is 34.3 Å². The molecule has 2 rings (SSSR count). The second kappa shape index (κ2) is 2.34. The van der Waals surface area contributed by atoms with Crippen LogP contribution in [-0.4, -0.2) is 6.21 Å². The molecular formula is C7H5NOS. The lowest BCUT2D eigenvalue weighted by Crippen LogP contribution is -1.95. The third-order valence-corrected chi connectivity index (χ3v) is 2.09. The Morgan fingerprint density at radius 3 is 3.30 bits per heavy atom. The van der Waals surface area contributed by atoms with Gasteiger partial charge in [-0.05, 0) is 17.6 Å². The number of thioether (sulfide) groups is 1. The molecule has 0 atom stereocenters. The number of nitrogens with zero attached hydrogens (tertiary/aromatic N) is 1. The Labute approximate surface area is 62.9 Å². The number of oxime groups is 1. The van der Waals surface area contributed by atoms with Gasteiger partial charge in [-0.1, -0.05) is 23.0 Å². The van der Waals surface area contributed by atoms with E-state index in [-0.39, 0.29) is 0 Å². The zero-order valence-corrected chi connectivity index (χ0v) is 5.97. The van der Waals surface area contributed by atoms with Crippen LogP contribution >= 0.6 is 11.8 Å². The first-order valence-corrected chi connectivity index (χ1v) is 3.79. The highest BCUT2D eigenvalue weighted by atomic mass is 32.2. The van der Waals surface area contributed by atoms with Crippen LogP contribution in [0.15, 0.2) is 39.5 Å². The van der Waals surface area contributed by atoms with Crippen LogP contribution in [0, 0.1) is 0 Å². The molecule has 0 radical (unpaired) electrons. The number of rotatable bonds is 0. The summed E-state index contributed by atoms with van der Waals surface area (Å²) in [4.78, 5) is 6.09. The minimum Gasteiger partial charge on any atom is -0.356 e. The van der Waals surface area contributed by atoms with Gasteiger partial charge in [-0.15, -0.1) is 0 Å². The van der Waals surface area contributed by atoms with Crippen LogP contribution in [0.1, 0.15) is 0 Å². The highest BCUT2D eigenvalue weighted by Crippen LogP contribution is 2.30. The molecule has 0 unspecified atom stereocenters. The largest absolute Gasteiger partial charge is 0.356 e. The lowest BCUT2D eigenvalue weighted by molar-refractivity contribution is 0.239. The maximum Gasteiger partial charge on any atom is 0.171 e. The first-order chi connectivity index (χ1) is 4.97. The van der Waals surface area contributed by atoms with E-state index in [9.17, 15) is 0 Å². The first kappa shape index (κ1) is 5.80. The summed E-state index contributed by atoms with van der Waals surface area (Å²) in [6.45, 7) is 0. The zero-order chi connectivity index (χ0) is 6.81. The first-order valence-electron chi connectivity index (χ1n) is 2.91. The molecule has 0 saturated heterocycles. The summed E-state index contributed by atoms with van der Waals surface area (Å²) in [6, 6.07) is 0. The molecule has 0 saturated carbocycles. The Kier molecular flexibility index (Phi) is 1.36. The van der Waals surface area contributed by atoms with Gasteiger partial charge in [0.2, 0.25) is 0 Å². The molecule has 0 N–H and O–H groups in total. The molecule has 0 aromatic rings. The van der Waals surface area contributed by atoms with Gasteiger partial charge in [0.1, 0.15) is 0 Å². The standard InChI is InChI=1S/C7H5NOS/c1-2-6-7(10-5-1)3-4-8-9-6/h1-5H. The Balaban J connectivity index is 2.38. The van der Waals surface area contributed by atoms with Gasteiger partial charge in [0.25, 0.3) is 0 Å². The molecule has 2 aliphatic heterocycles. The van der Waals surface area contributed by atoms with Crippen molar-refractivity contribution in [2.75, 3.05) is 0 Å². The normalized spacial score (nSPS) is 20.8. The molecule has 0 aromatic heterocycles. The van der Waals surface area contributed by atoms with Crippen LogP contribution in [-0.2, 0) is 4.84 Å². The number of hydrogen-bond donors (Lipinski definition) is 0. The number of hydrogen-bond acceptors (Lipinski definition) is 3. The van der Waals surface area contributed by atoms with Crippen LogP contribution in [0.4, 0.5) is 0 Å². The lowest BCUT2D eigenvalue weighted by atomic mass is 10.3. The van der Waals surface area contributed by atoms with Gasteiger partial charge in [0.15, 0.2) is 5.76 Å². The zero-order valence-electron chi connectivity index (χ0n) is 5.15. The van der Waals surface area contributed by atoms with Crippen molar-refractivity contribution in [2.24, 2.45) is 5.16 Å². The van der Waals surface area contributed by atoms with E-state index in [1.807, 2.05) is 23.6 Å². The predicted octanol–water partition coefficient (Wildman–Crippen LogP) is 2.03. The van der Waals surface area contributed by atoms with E-state index in [0.29, 0.717) is 0 Å². The molecule has 0 bridgehead atoms. The summed E-state index contributed by atoms with van der Waals surface area (Å²) in [6.07, 6.45) is 7.43. The van der Waals surface area contributed by atoms with Crippen molar-refractivity contribution < 1.29 is 4.84 Å². The summed E-state index contributed by atoms with van der Waals surface area (Å²) in [7, 11) is 0. The van der Waals surface area contributed by atoms with Crippen LogP contribution in [0.25, 0.3) is 0 Å². The summed E-state index contributed by atoms with van der Waals surface area (Å²) < 4.78 is 0. The van der Waals surface area contributed by atoms with E-state index in [1.165, 1.54) is 0 Å². The van der Waals surface area contributed by atoms with Crippen molar-refractivity contribution in [2.45, 2.75) is 0 Å². The highest BCUT2D eigenvalue weighted by Gasteiger charge is 2.10. The molecule has 2 heterocycles. The molecule has 2 nitrogen and oxygen atoms in total. The number of fused-ring (bicyclic) bond motifs is 1. The van der Waals surface area contributed by atoms with E-state index < -0.39 is 0 Å². The molecule has 0 fully saturated rings. The molecule has 2 aliphatic rings. The van der Waals surface area contributed by atoms with E-state index in [1.54, 1.807) is 18.0 Å². The number of allylic oxidation sites excluding steroid dienone is 3. The predicted molar refractivity (Wildman–Crippen MR) is 42.5 cm³/mol. The van der Waals surface area contributed by atoms with E-state index >= 15 is 0 Å². The third kappa shape index (κ3) is 0.885. The molecule has 0 aromatic carbocycles. The molecule has 0 spiro atoms. The lowest BCUT2D eigenvalue weighted by Gasteiger charge is -2.11. The van der Waals surface area contributed by atoms with Crippen LogP contribution < -0.4 is 0 Å². The maximum absolute atomic E-state index is 4.97. The van der Waals surface area contributed by atoms with Gasteiger partial charge in [0.05, 0.1) is 11.1 Å². The van der Waals surface area contributed by atoms with Crippen LogP contribution in [0.5, 0.6) is 0 Å². The monoisotopic (exact) mass is 151 g/mol. The fraction of sp³-hybridized carbons (Fsp3) is 0. The minimum absolute atomic E-state index is 0.843. The van der Waals surface area contributed by atoms with E-state index in [2.05, 4.69) is 5.16 Å². The van der Waals surface area contributed by atoms with Crippen molar-refractivity contribution in [1.29, 1.82) is 0 Å². The van der Waals surface area contributed by atoms with Gasteiger partial charge in [-0.2, -0.15) is 0 Å². The molecule has 50 valence electrons. The SMILES string of the molecule is C1=CSC2=CC=NOC2=C1. The molecule has 10 heavy (non-hydrogen) atoms. The molecule has 0 amide bonds. The average Bonchev–Trinajstić information content (AvgIpc) is 2.05. The van der Waals surface area contributed by atoms with Crippen LogP contribution in [0.2, 0.25) is 0 Å². The maximum atomic E-state index is 4.97. The summed E-state index contributed by atoms with van der Waals surface area (Å²) in [5.74, 6) is 0.843. The summed E-state index contributed by atoms with van der Waals surface area (Å²) in [5, 5.41) is 5.66. The van der Waals surface area contributed by atoms with Crippen molar-refractivity contribution in [3.63, 3.8) is 0 Å². The van der Waals surface area contributed by atoms with Crippen molar-refractivity contribution in [1.82, 2.24) is 0 Å². The third-order valence-electron chi connectivity index (χ3n) is 1.20. The molecular weight excluding hydrogens is 146 g/mol.